The minimum atomic E-state index is -0.208. The van der Waals surface area contributed by atoms with Gasteiger partial charge >= 0.3 is 6.03 Å². The van der Waals surface area contributed by atoms with Crippen molar-refractivity contribution in [3.8, 4) is 0 Å². The van der Waals surface area contributed by atoms with Crippen LogP contribution in [-0.2, 0) is 0 Å². The van der Waals surface area contributed by atoms with E-state index in [9.17, 15) is 9.90 Å². The Kier molecular flexibility index (Phi) is 4.03. The SMILES string of the molecule is CC1(CO)CCCC1NC(=O)Nc1ccc2ccccc2c1. The lowest BCUT2D eigenvalue weighted by Crippen LogP contribution is -2.46. The fourth-order valence-corrected chi connectivity index (χ4v) is 3.26. The van der Waals surface area contributed by atoms with Gasteiger partial charge in [-0.25, -0.2) is 4.79 Å². The van der Waals surface area contributed by atoms with Crippen molar-refractivity contribution in [2.75, 3.05) is 11.9 Å². The highest BCUT2D eigenvalue weighted by molar-refractivity contribution is 5.93. The highest BCUT2D eigenvalue weighted by Gasteiger charge is 2.39. The number of benzene rings is 2. The van der Waals surface area contributed by atoms with Crippen LogP contribution in [0, 0.1) is 5.41 Å². The molecule has 0 saturated heterocycles. The number of amides is 2. The molecule has 3 N–H and O–H groups in total. The third kappa shape index (κ3) is 2.92. The molecule has 1 fully saturated rings. The summed E-state index contributed by atoms with van der Waals surface area (Å²) in [6, 6.07) is 13.7. The highest BCUT2D eigenvalue weighted by atomic mass is 16.3. The number of nitrogens with one attached hydrogen (secondary N) is 2. The van der Waals surface area contributed by atoms with Crippen molar-refractivity contribution in [1.29, 1.82) is 0 Å². The Morgan fingerprint density at radius 2 is 2.05 bits per heavy atom. The molecular formula is C18H22N2O2. The average Bonchev–Trinajstić information content (AvgIpc) is 2.88. The average molecular weight is 298 g/mol. The molecule has 3 rings (SSSR count). The van der Waals surface area contributed by atoms with Crippen molar-refractivity contribution < 1.29 is 9.90 Å². The smallest absolute Gasteiger partial charge is 0.319 e. The van der Waals surface area contributed by atoms with Gasteiger partial charge in [-0.05, 0) is 35.7 Å². The van der Waals surface area contributed by atoms with Gasteiger partial charge in [0.05, 0.1) is 6.61 Å². The zero-order valence-electron chi connectivity index (χ0n) is 12.8. The number of aliphatic hydroxyl groups excluding tert-OH is 1. The van der Waals surface area contributed by atoms with Crippen LogP contribution >= 0.6 is 0 Å². The summed E-state index contributed by atoms with van der Waals surface area (Å²) in [6.07, 6.45) is 2.91. The molecule has 0 aliphatic heterocycles. The van der Waals surface area contributed by atoms with E-state index in [1.54, 1.807) is 0 Å². The summed E-state index contributed by atoms with van der Waals surface area (Å²) >= 11 is 0. The lowest BCUT2D eigenvalue weighted by Gasteiger charge is -2.30. The van der Waals surface area contributed by atoms with Gasteiger partial charge in [-0.15, -0.1) is 0 Å². The van der Waals surface area contributed by atoms with E-state index >= 15 is 0 Å². The Hall–Kier alpha value is -2.07. The van der Waals surface area contributed by atoms with Gasteiger partial charge in [-0.3, -0.25) is 0 Å². The number of urea groups is 1. The fourth-order valence-electron chi connectivity index (χ4n) is 3.26. The van der Waals surface area contributed by atoms with E-state index in [0.29, 0.717) is 0 Å². The topological polar surface area (TPSA) is 61.4 Å². The minimum Gasteiger partial charge on any atom is -0.396 e. The van der Waals surface area contributed by atoms with Gasteiger partial charge in [-0.1, -0.05) is 43.7 Å². The van der Waals surface area contributed by atoms with Gasteiger partial charge in [0, 0.05) is 17.1 Å². The molecular weight excluding hydrogens is 276 g/mol. The Bertz CT molecular complexity index is 686. The first-order chi connectivity index (χ1) is 10.6. The molecule has 22 heavy (non-hydrogen) atoms. The maximum atomic E-state index is 12.2. The molecule has 2 aromatic rings. The predicted octanol–water partition coefficient (Wildman–Crippen LogP) is 3.51. The van der Waals surface area contributed by atoms with Crippen LogP contribution in [0.3, 0.4) is 0 Å². The van der Waals surface area contributed by atoms with E-state index in [1.807, 2.05) is 49.4 Å². The van der Waals surface area contributed by atoms with Crippen LogP contribution in [-0.4, -0.2) is 23.8 Å². The second-order valence-corrected chi connectivity index (χ2v) is 6.42. The number of fused-ring (bicyclic) bond motifs is 1. The van der Waals surface area contributed by atoms with E-state index < -0.39 is 0 Å². The first-order valence-electron chi connectivity index (χ1n) is 7.78. The van der Waals surface area contributed by atoms with Gasteiger partial charge in [0.25, 0.3) is 0 Å². The van der Waals surface area contributed by atoms with Crippen molar-refractivity contribution in [2.24, 2.45) is 5.41 Å². The van der Waals surface area contributed by atoms with Crippen LogP contribution in [0.5, 0.6) is 0 Å². The molecule has 0 radical (unpaired) electrons. The largest absolute Gasteiger partial charge is 0.396 e. The summed E-state index contributed by atoms with van der Waals surface area (Å²) in [5.74, 6) is 0. The number of carbonyl (C=O) groups excluding carboxylic acids is 1. The molecule has 0 aromatic heterocycles. The zero-order valence-corrected chi connectivity index (χ0v) is 12.8. The summed E-state index contributed by atoms with van der Waals surface area (Å²) in [4.78, 5) is 12.2. The number of carbonyl (C=O) groups is 1. The normalized spacial score (nSPS) is 24.4. The fraction of sp³-hybridized carbons (Fsp3) is 0.389. The highest BCUT2D eigenvalue weighted by Crippen LogP contribution is 2.37. The van der Waals surface area contributed by atoms with E-state index in [2.05, 4.69) is 10.6 Å². The summed E-state index contributed by atoms with van der Waals surface area (Å²) in [7, 11) is 0. The predicted molar refractivity (Wildman–Crippen MR) is 88.9 cm³/mol. The van der Waals surface area contributed by atoms with Crippen LogP contribution in [0.4, 0.5) is 10.5 Å². The lowest BCUT2D eigenvalue weighted by atomic mass is 9.86. The van der Waals surface area contributed by atoms with Gasteiger partial charge in [0.15, 0.2) is 0 Å². The summed E-state index contributed by atoms with van der Waals surface area (Å²) < 4.78 is 0. The summed E-state index contributed by atoms with van der Waals surface area (Å²) in [5.41, 5.74) is 0.570. The Morgan fingerprint density at radius 1 is 1.27 bits per heavy atom. The van der Waals surface area contributed by atoms with Gasteiger partial charge < -0.3 is 15.7 Å². The molecule has 1 saturated carbocycles. The maximum Gasteiger partial charge on any atom is 0.319 e. The molecule has 0 heterocycles. The molecule has 1 aliphatic carbocycles. The molecule has 1 aliphatic rings. The third-order valence-corrected chi connectivity index (χ3v) is 4.76. The molecule has 116 valence electrons. The van der Waals surface area contributed by atoms with Gasteiger partial charge in [0.1, 0.15) is 0 Å². The van der Waals surface area contributed by atoms with Crippen molar-refractivity contribution in [3.05, 3.63) is 42.5 Å². The van der Waals surface area contributed by atoms with Crippen LogP contribution in [0.25, 0.3) is 10.8 Å². The van der Waals surface area contributed by atoms with Crippen LogP contribution in [0.1, 0.15) is 26.2 Å². The Morgan fingerprint density at radius 3 is 2.82 bits per heavy atom. The first kappa shape index (κ1) is 14.9. The number of anilines is 1. The van der Waals surface area contributed by atoms with Crippen molar-refractivity contribution in [1.82, 2.24) is 5.32 Å². The van der Waals surface area contributed by atoms with Crippen molar-refractivity contribution in [3.63, 3.8) is 0 Å². The standard InChI is InChI=1S/C18H22N2O2/c1-18(12-21)10-4-7-16(18)20-17(22)19-15-9-8-13-5-2-3-6-14(13)11-15/h2-3,5-6,8-9,11,16,21H,4,7,10,12H2,1H3,(H2,19,20,22). The molecule has 2 amide bonds. The van der Waals surface area contributed by atoms with Crippen molar-refractivity contribution >= 4 is 22.5 Å². The van der Waals surface area contributed by atoms with E-state index in [4.69, 9.17) is 0 Å². The molecule has 2 unspecified atom stereocenters. The zero-order chi connectivity index (χ0) is 15.6. The second kappa shape index (κ2) is 5.97. The van der Waals surface area contributed by atoms with Crippen LogP contribution < -0.4 is 10.6 Å². The van der Waals surface area contributed by atoms with Crippen LogP contribution in [0.15, 0.2) is 42.5 Å². The quantitative estimate of drug-likeness (QED) is 0.812. The Labute approximate surface area is 130 Å². The van der Waals surface area contributed by atoms with E-state index in [0.717, 1.165) is 35.7 Å². The summed E-state index contributed by atoms with van der Waals surface area (Å²) in [5, 5.41) is 17.7. The minimum absolute atomic E-state index is 0.0259. The monoisotopic (exact) mass is 298 g/mol. The lowest BCUT2D eigenvalue weighted by molar-refractivity contribution is 0.122. The second-order valence-electron chi connectivity index (χ2n) is 6.42. The van der Waals surface area contributed by atoms with E-state index in [1.165, 1.54) is 0 Å². The molecule has 4 nitrogen and oxygen atoms in total. The molecule has 0 spiro atoms. The molecule has 4 heteroatoms. The van der Waals surface area contributed by atoms with E-state index in [-0.39, 0.29) is 24.1 Å². The van der Waals surface area contributed by atoms with Crippen LogP contribution in [0.2, 0.25) is 0 Å². The molecule has 2 aromatic carbocycles. The van der Waals surface area contributed by atoms with Gasteiger partial charge in [0.2, 0.25) is 0 Å². The number of hydrogen-bond donors (Lipinski definition) is 3. The van der Waals surface area contributed by atoms with Gasteiger partial charge in [-0.2, -0.15) is 0 Å². The maximum absolute atomic E-state index is 12.2. The molecule has 2 atom stereocenters. The number of hydrogen-bond acceptors (Lipinski definition) is 2. The first-order valence-corrected chi connectivity index (χ1v) is 7.78. The third-order valence-electron chi connectivity index (χ3n) is 4.76. The number of rotatable bonds is 3. The van der Waals surface area contributed by atoms with Crippen molar-refractivity contribution in [2.45, 2.75) is 32.2 Å². The summed E-state index contributed by atoms with van der Waals surface area (Å²) in [6.45, 7) is 2.13. The molecule has 0 bridgehead atoms. The Balaban J connectivity index is 1.68. The number of aliphatic hydroxyl groups is 1.